The standard InChI is InChI=1S/C18H12N2O2/c21-15-7-3-5-13-9-11-17(20-18(13)15)22-16-10-8-12-4-1-2-6-14(12)19-16/h1-11,21H. The number of fused-ring (bicyclic) bond motifs is 2. The lowest BCUT2D eigenvalue weighted by Crippen LogP contribution is -1.91. The highest BCUT2D eigenvalue weighted by Crippen LogP contribution is 2.27. The van der Waals surface area contributed by atoms with Crippen LogP contribution in [-0.2, 0) is 0 Å². The van der Waals surface area contributed by atoms with E-state index in [0.717, 1.165) is 16.3 Å². The molecule has 0 fully saturated rings. The Hall–Kier alpha value is -3.14. The number of hydrogen-bond acceptors (Lipinski definition) is 4. The van der Waals surface area contributed by atoms with E-state index in [1.807, 2.05) is 42.5 Å². The van der Waals surface area contributed by atoms with Crippen LogP contribution in [0.2, 0.25) is 0 Å². The molecule has 4 rings (SSSR count). The largest absolute Gasteiger partial charge is 0.506 e. The Labute approximate surface area is 126 Å². The number of rotatable bonds is 2. The van der Waals surface area contributed by atoms with E-state index < -0.39 is 0 Å². The SMILES string of the molecule is Oc1cccc2ccc(Oc3ccc4ccccc4n3)nc12. The molecule has 0 aliphatic carbocycles. The smallest absolute Gasteiger partial charge is 0.221 e. The molecule has 4 nitrogen and oxygen atoms in total. The maximum absolute atomic E-state index is 9.87. The highest BCUT2D eigenvalue weighted by molar-refractivity contribution is 5.84. The van der Waals surface area contributed by atoms with Crippen LogP contribution in [0, 0.1) is 0 Å². The molecule has 0 saturated heterocycles. The molecule has 1 N–H and O–H groups in total. The van der Waals surface area contributed by atoms with Gasteiger partial charge in [0.1, 0.15) is 11.3 Å². The molecule has 0 atom stereocenters. The second kappa shape index (κ2) is 5.00. The molecule has 0 aliphatic heterocycles. The minimum absolute atomic E-state index is 0.134. The van der Waals surface area contributed by atoms with Crippen molar-refractivity contribution in [2.45, 2.75) is 0 Å². The van der Waals surface area contributed by atoms with Gasteiger partial charge in [0.15, 0.2) is 0 Å². The summed E-state index contributed by atoms with van der Waals surface area (Å²) in [5.74, 6) is 1.01. The van der Waals surface area contributed by atoms with Crippen molar-refractivity contribution >= 4 is 21.8 Å². The minimum atomic E-state index is 0.134. The fraction of sp³-hybridized carbons (Fsp3) is 0. The predicted molar refractivity (Wildman–Crippen MR) is 85.2 cm³/mol. The van der Waals surface area contributed by atoms with Gasteiger partial charge in [-0.15, -0.1) is 0 Å². The Balaban J connectivity index is 1.73. The zero-order chi connectivity index (χ0) is 14.9. The number of hydrogen-bond donors (Lipinski definition) is 1. The van der Waals surface area contributed by atoms with E-state index in [1.54, 1.807) is 24.3 Å². The summed E-state index contributed by atoms with van der Waals surface area (Å²) in [5.41, 5.74) is 1.38. The third kappa shape index (κ3) is 2.20. The number of pyridine rings is 2. The number of para-hydroxylation sites is 2. The monoisotopic (exact) mass is 288 g/mol. The summed E-state index contributed by atoms with van der Waals surface area (Å²) < 4.78 is 5.72. The first-order chi connectivity index (χ1) is 10.8. The summed E-state index contributed by atoms with van der Waals surface area (Å²) in [4.78, 5) is 8.79. The van der Waals surface area contributed by atoms with Crippen LogP contribution < -0.4 is 4.74 Å². The van der Waals surface area contributed by atoms with Gasteiger partial charge in [-0.2, -0.15) is 0 Å². The molecule has 2 heterocycles. The number of aromatic hydroxyl groups is 1. The van der Waals surface area contributed by atoms with Crippen LogP contribution in [0.4, 0.5) is 0 Å². The first-order valence-corrected chi connectivity index (χ1v) is 6.92. The maximum atomic E-state index is 9.87. The molecule has 2 aromatic heterocycles. The maximum Gasteiger partial charge on any atom is 0.221 e. The predicted octanol–water partition coefficient (Wildman–Crippen LogP) is 4.28. The Kier molecular flexibility index (Phi) is 2.86. The van der Waals surface area contributed by atoms with Gasteiger partial charge in [0, 0.05) is 22.9 Å². The molecular weight excluding hydrogens is 276 g/mol. The van der Waals surface area contributed by atoms with Gasteiger partial charge in [-0.3, -0.25) is 0 Å². The molecule has 2 aromatic carbocycles. The first-order valence-electron chi connectivity index (χ1n) is 6.92. The number of aromatic nitrogens is 2. The van der Waals surface area contributed by atoms with Crippen LogP contribution in [-0.4, -0.2) is 15.1 Å². The fourth-order valence-electron chi connectivity index (χ4n) is 2.38. The van der Waals surface area contributed by atoms with Crippen LogP contribution >= 0.6 is 0 Å². The minimum Gasteiger partial charge on any atom is -0.506 e. The zero-order valence-corrected chi connectivity index (χ0v) is 11.6. The highest BCUT2D eigenvalue weighted by atomic mass is 16.5. The topological polar surface area (TPSA) is 55.2 Å². The first kappa shape index (κ1) is 12.6. The van der Waals surface area contributed by atoms with Gasteiger partial charge in [0.05, 0.1) is 5.52 Å². The van der Waals surface area contributed by atoms with Crippen molar-refractivity contribution in [1.29, 1.82) is 0 Å². The van der Waals surface area contributed by atoms with Crippen LogP contribution in [0.1, 0.15) is 0 Å². The quantitative estimate of drug-likeness (QED) is 0.598. The molecule has 4 heteroatoms. The average Bonchev–Trinajstić information content (AvgIpc) is 2.56. The van der Waals surface area contributed by atoms with Crippen molar-refractivity contribution in [2.75, 3.05) is 0 Å². The summed E-state index contributed by atoms with van der Waals surface area (Å²) in [6.07, 6.45) is 0. The van der Waals surface area contributed by atoms with E-state index in [9.17, 15) is 5.11 Å². The van der Waals surface area contributed by atoms with E-state index >= 15 is 0 Å². The summed E-state index contributed by atoms with van der Waals surface area (Å²) >= 11 is 0. The lowest BCUT2D eigenvalue weighted by Gasteiger charge is -2.06. The van der Waals surface area contributed by atoms with E-state index in [4.69, 9.17) is 4.74 Å². The molecule has 0 saturated carbocycles. The molecule has 0 aliphatic rings. The number of nitrogens with zero attached hydrogens (tertiary/aromatic N) is 2. The van der Waals surface area contributed by atoms with Crippen molar-refractivity contribution < 1.29 is 9.84 Å². The molecule has 0 spiro atoms. The highest BCUT2D eigenvalue weighted by Gasteiger charge is 2.06. The van der Waals surface area contributed by atoms with Gasteiger partial charge in [-0.1, -0.05) is 30.3 Å². The van der Waals surface area contributed by atoms with Gasteiger partial charge in [0.25, 0.3) is 0 Å². The third-order valence-electron chi connectivity index (χ3n) is 3.46. The molecular formula is C18H12N2O2. The van der Waals surface area contributed by atoms with E-state index in [0.29, 0.717) is 17.3 Å². The van der Waals surface area contributed by atoms with E-state index in [1.165, 1.54) is 0 Å². The molecule has 0 radical (unpaired) electrons. The summed E-state index contributed by atoms with van der Waals surface area (Å²) in [5, 5.41) is 11.8. The van der Waals surface area contributed by atoms with Crippen molar-refractivity contribution in [2.24, 2.45) is 0 Å². The van der Waals surface area contributed by atoms with Crippen LogP contribution in [0.15, 0.2) is 66.7 Å². The average molecular weight is 288 g/mol. The number of phenolic OH excluding ortho intramolecular Hbond substituents is 1. The Morgan fingerprint density at radius 3 is 2.32 bits per heavy atom. The number of benzene rings is 2. The van der Waals surface area contributed by atoms with Gasteiger partial charge < -0.3 is 9.84 Å². The summed E-state index contributed by atoms with van der Waals surface area (Å²) in [6, 6.07) is 20.5. The van der Waals surface area contributed by atoms with Gasteiger partial charge in [-0.05, 0) is 24.3 Å². The second-order valence-corrected chi connectivity index (χ2v) is 4.94. The van der Waals surface area contributed by atoms with Crippen molar-refractivity contribution in [1.82, 2.24) is 9.97 Å². The van der Waals surface area contributed by atoms with E-state index in [2.05, 4.69) is 9.97 Å². The molecule has 22 heavy (non-hydrogen) atoms. The van der Waals surface area contributed by atoms with Crippen molar-refractivity contribution in [3.05, 3.63) is 66.7 Å². The van der Waals surface area contributed by atoms with Crippen molar-refractivity contribution in [3.63, 3.8) is 0 Å². The van der Waals surface area contributed by atoms with Gasteiger partial charge in [-0.25, -0.2) is 9.97 Å². The summed E-state index contributed by atoms with van der Waals surface area (Å²) in [7, 11) is 0. The molecule has 106 valence electrons. The second-order valence-electron chi connectivity index (χ2n) is 4.94. The number of ether oxygens (including phenoxy) is 1. The normalized spacial score (nSPS) is 10.9. The van der Waals surface area contributed by atoms with Crippen LogP contribution in [0.5, 0.6) is 17.5 Å². The lowest BCUT2D eigenvalue weighted by atomic mass is 10.2. The summed E-state index contributed by atoms with van der Waals surface area (Å²) in [6.45, 7) is 0. The van der Waals surface area contributed by atoms with Crippen molar-refractivity contribution in [3.8, 4) is 17.5 Å². The lowest BCUT2D eigenvalue weighted by molar-refractivity contribution is 0.446. The van der Waals surface area contributed by atoms with Crippen LogP contribution in [0.25, 0.3) is 21.8 Å². The Bertz CT molecular complexity index is 983. The molecule has 0 unspecified atom stereocenters. The fourth-order valence-corrected chi connectivity index (χ4v) is 2.38. The molecule has 4 aromatic rings. The molecule has 0 amide bonds. The Morgan fingerprint density at radius 2 is 1.41 bits per heavy atom. The van der Waals surface area contributed by atoms with E-state index in [-0.39, 0.29) is 5.75 Å². The zero-order valence-electron chi connectivity index (χ0n) is 11.6. The van der Waals surface area contributed by atoms with Gasteiger partial charge in [0.2, 0.25) is 11.8 Å². The third-order valence-corrected chi connectivity index (χ3v) is 3.46. The van der Waals surface area contributed by atoms with Gasteiger partial charge >= 0.3 is 0 Å². The Morgan fingerprint density at radius 1 is 0.682 bits per heavy atom. The number of phenols is 1. The molecule has 0 bridgehead atoms. The van der Waals surface area contributed by atoms with Crippen LogP contribution in [0.3, 0.4) is 0 Å².